The molecule has 0 unspecified atom stereocenters. The minimum absolute atomic E-state index is 0.128. The Morgan fingerprint density at radius 3 is 2.57 bits per heavy atom. The topological polar surface area (TPSA) is 16.1 Å². The number of halogens is 5. The molecule has 0 atom stereocenters. The number of alkyl halides is 2. The second-order valence-corrected chi connectivity index (χ2v) is 7.19. The molecule has 1 aromatic carbocycles. The predicted octanol–water partition coefficient (Wildman–Crippen LogP) is 4.98. The summed E-state index contributed by atoms with van der Waals surface area (Å²) in [5.74, 6) is -3.10. The van der Waals surface area contributed by atoms with Crippen molar-refractivity contribution in [2.75, 3.05) is 18.0 Å². The van der Waals surface area contributed by atoms with Gasteiger partial charge in [-0.25, -0.2) is 13.2 Å². The zero-order chi connectivity index (χ0) is 15.2. The lowest BCUT2D eigenvalue weighted by Gasteiger charge is -2.34. The molecule has 7 heteroatoms. The zero-order valence-corrected chi connectivity index (χ0v) is 14.6. The van der Waals surface area contributed by atoms with Crippen LogP contribution in [0.4, 0.5) is 18.9 Å². The van der Waals surface area contributed by atoms with E-state index in [1.807, 2.05) is 6.07 Å². The van der Waals surface area contributed by atoms with Crippen LogP contribution in [0.15, 0.2) is 22.8 Å². The van der Waals surface area contributed by atoms with Gasteiger partial charge in [-0.1, -0.05) is 0 Å². The second-order valence-electron chi connectivity index (χ2n) is 5.09. The van der Waals surface area contributed by atoms with Crippen LogP contribution in [0.5, 0.6) is 0 Å². The molecule has 0 bridgehead atoms. The van der Waals surface area contributed by atoms with Crippen LogP contribution in [0.1, 0.15) is 12.8 Å². The molecule has 1 aromatic heterocycles. The summed E-state index contributed by atoms with van der Waals surface area (Å²) in [4.78, 5) is 5.96. The van der Waals surface area contributed by atoms with Crippen molar-refractivity contribution in [1.29, 1.82) is 0 Å². The van der Waals surface area contributed by atoms with Crippen molar-refractivity contribution in [3.05, 3.63) is 32.2 Å². The number of anilines is 1. The molecule has 1 aliphatic rings. The summed E-state index contributed by atoms with van der Waals surface area (Å²) in [6.45, 7) is 0.256. The van der Waals surface area contributed by atoms with Gasteiger partial charge in [-0.2, -0.15) is 0 Å². The second kappa shape index (κ2) is 5.57. The zero-order valence-electron chi connectivity index (χ0n) is 10.8. The molecule has 0 saturated carbocycles. The molecule has 1 aliphatic heterocycles. The van der Waals surface area contributed by atoms with Crippen LogP contribution in [0.25, 0.3) is 10.9 Å². The van der Waals surface area contributed by atoms with Crippen LogP contribution < -0.4 is 4.90 Å². The lowest BCUT2D eigenvalue weighted by atomic mass is 10.0. The van der Waals surface area contributed by atoms with Gasteiger partial charge in [0, 0.05) is 41.1 Å². The van der Waals surface area contributed by atoms with Gasteiger partial charge in [0.15, 0.2) is 5.82 Å². The summed E-state index contributed by atoms with van der Waals surface area (Å²) in [6.07, 6.45) is 1.13. The average Bonchev–Trinajstić information content (AvgIpc) is 2.41. The van der Waals surface area contributed by atoms with E-state index in [1.165, 1.54) is 0 Å². The summed E-state index contributed by atoms with van der Waals surface area (Å²) in [7, 11) is 0. The molecule has 2 nitrogen and oxygen atoms in total. The first-order chi connectivity index (χ1) is 9.87. The molecule has 3 rings (SSSR count). The molecular formula is C14H11BrF3IN2. The van der Waals surface area contributed by atoms with E-state index in [2.05, 4.69) is 43.5 Å². The fraction of sp³-hybridized carbons (Fsp3) is 0.357. The number of aromatic nitrogens is 1. The maximum Gasteiger partial charge on any atom is 0.251 e. The molecule has 0 radical (unpaired) electrons. The Hall–Kier alpha value is -0.570. The normalized spacial score (nSPS) is 18.2. The van der Waals surface area contributed by atoms with E-state index in [9.17, 15) is 13.2 Å². The third-order valence-electron chi connectivity index (χ3n) is 3.62. The van der Waals surface area contributed by atoms with Crippen molar-refractivity contribution in [2.45, 2.75) is 18.8 Å². The van der Waals surface area contributed by atoms with E-state index in [0.29, 0.717) is 15.7 Å². The number of fused-ring (bicyclic) bond motifs is 1. The highest BCUT2D eigenvalue weighted by Gasteiger charge is 2.35. The molecule has 0 spiro atoms. The largest absolute Gasteiger partial charge is 0.367 e. The summed E-state index contributed by atoms with van der Waals surface area (Å²) in [5.41, 5.74) is 0.826. The van der Waals surface area contributed by atoms with E-state index >= 15 is 0 Å². The van der Waals surface area contributed by atoms with Crippen molar-refractivity contribution in [2.24, 2.45) is 0 Å². The molecule has 112 valence electrons. The van der Waals surface area contributed by atoms with Gasteiger partial charge in [0.25, 0.3) is 5.92 Å². The van der Waals surface area contributed by atoms with Gasteiger partial charge in [0.05, 0.1) is 9.99 Å². The monoisotopic (exact) mass is 470 g/mol. The maximum atomic E-state index is 14.5. The Kier molecular flexibility index (Phi) is 4.06. The van der Waals surface area contributed by atoms with Crippen molar-refractivity contribution in [3.63, 3.8) is 0 Å². The summed E-state index contributed by atoms with van der Waals surface area (Å²) in [5, 5.41) is 0.794. The fourth-order valence-electron chi connectivity index (χ4n) is 2.53. The van der Waals surface area contributed by atoms with E-state index in [4.69, 9.17) is 0 Å². The van der Waals surface area contributed by atoms with Crippen LogP contribution in [-0.2, 0) is 0 Å². The molecule has 1 fully saturated rings. The fourth-order valence-corrected chi connectivity index (χ4v) is 3.43. The molecule has 0 amide bonds. The smallest absolute Gasteiger partial charge is 0.251 e. The first-order valence-corrected chi connectivity index (χ1v) is 8.31. The van der Waals surface area contributed by atoms with Crippen LogP contribution in [-0.4, -0.2) is 24.0 Å². The summed E-state index contributed by atoms with van der Waals surface area (Å²) < 4.78 is 42.3. The maximum absolute atomic E-state index is 14.5. The van der Waals surface area contributed by atoms with Crippen molar-refractivity contribution in [1.82, 2.24) is 4.98 Å². The van der Waals surface area contributed by atoms with Crippen LogP contribution >= 0.6 is 38.5 Å². The highest BCUT2D eigenvalue weighted by atomic mass is 127. The van der Waals surface area contributed by atoms with E-state index in [1.54, 1.807) is 17.2 Å². The number of pyridine rings is 1. The Morgan fingerprint density at radius 2 is 1.90 bits per heavy atom. The molecule has 1 saturated heterocycles. The number of piperidine rings is 1. The molecule has 2 heterocycles. The molecular weight excluding hydrogens is 460 g/mol. The summed E-state index contributed by atoms with van der Waals surface area (Å²) in [6, 6.07) is 3.57. The Bertz CT molecular complexity index is 698. The Balaban J connectivity index is 2.11. The first kappa shape index (κ1) is 15.3. The van der Waals surface area contributed by atoms with Crippen LogP contribution in [0, 0.1) is 9.39 Å². The van der Waals surface area contributed by atoms with Crippen molar-refractivity contribution >= 4 is 55.1 Å². The van der Waals surface area contributed by atoms with Gasteiger partial charge in [-0.3, -0.25) is 4.98 Å². The third kappa shape index (κ3) is 2.99. The molecule has 21 heavy (non-hydrogen) atoms. The van der Waals surface area contributed by atoms with Gasteiger partial charge < -0.3 is 4.90 Å². The van der Waals surface area contributed by atoms with E-state index in [0.717, 1.165) is 8.96 Å². The minimum atomic E-state index is -2.66. The third-order valence-corrected chi connectivity index (χ3v) is 4.79. The van der Waals surface area contributed by atoms with Gasteiger partial charge in [0.1, 0.15) is 5.69 Å². The van der Waals surface area contributed by atoms with Gasteiger partial charge in [-0.05, 0) is 50.7 Å². The van der Waals surface area contributed by atoms with Gasteiger partial charge >= 0.3 is 0 Å². The highest BCUT2D eigenvalue weighted by Crippen LogP contribution is 2.38. The standard InChI is InChI=1S/C14H11BrF3IN2/c15-10-6-8-5-9(19)7-20-12(8)13(11(10)16)21-3-1-14(17,18)2-4-21/h5-7H,1-4H2. The number of nitrogens with zero attached hydrogens (tertiary/aromatic N) is 2. The highest BCUT2D eigenvalue weighted by molar-refractivity contribution is 14.1. The molecule has 2 aromatic rings. The average molecular weight is 471 g/mol. The molecule has 0 N–H and O–H groups in total. The predicted molar refractivity (Wildman–Crippen MR) is 88.5 cm³/mol. The van der Waals surface area contributed by atoms with Crippen LogP contribution in [0.3, 0.4) is 0 Å². The minimum Gasteiger partial charge on any atom is -0.367 e. The Labute approximate surface area is 142 Å². The van der Waals surface area contributed by atoms with Gasteiger partial charge in [-0.15, -0.1) is 0 Å². The number of rotatable bonds is 1. The van der Waals surface area contributed by atoms with Gasteiger partial charge in [0.2, 0.25) is 0 Å². The lowest BCUT2D eigenvalue weighted by molar-refractivity contribution is -0.0221. The summed E-state index contributed by atoms with van der Waals surface area (Å²) >= 11 is 5.34. The van der Waals surface area contributed by atoms with Crippen molar-refractivity contribution < 1.29 is 13.2 Å². The van der Waals surface area contributed by atoms with Crippen LogP contribution in [0.2, 0.25) is 0 Å². The number of hydrogen-bond acceptors (Lipinski definition) is 2. The van der Waals surface area contributed by atoms with Crippen molar-refractivity contribution in [3.8, 4) is 0 Å². The SMILES string of the molecule is Fc1c(Br)cc2cc(I)cnc2c1N1CCC(F)(F)CC1. The first-order valence-electron chi connectivity index (χ1n) is 6.43. The quantitative estimate of drug-likeness (QED) is 0.546. The van der Waals surface area contributed by atoms with E-state index in [-0.39, 0.29) is 25.9 Å². The lowest BCUT2D eigenvalue weighted by Crippen LogP contribution is -2.40. The van der Waals surface area contributed by atoms with E-state index < -0.39 is 11.7 Å². The Morgan fingerprint density at radius 1 is 1.24 bits per heavy atom. The number of hydrogen-bond donors (Lipinski definition) is 0. The number of benzene rings is 1. The molecule has 0 aliphatic carbocycles.